The lowest BCUT2D eigenvalue weighted by atomic mass is 9.87. The minimum absolute atomic E-state index is 0.113. The van der Waals surface area contributed by atoms with Crippen LogP contribution in [0.2, 0.25) is 0 Å². The summed E-state index contributed by atoms with van der Waals surface area (Å²) in [6.07, 6.45) is 3.41. The largest absolute Gasteiger partial charge is 0.465 e. The summed E-state index contributed by atoms with van der Waals surface area (Å²) in [4.78, 5) is 14.4. The fourth-order valence-electron chi connectivity index (χ4n) is 2.24. The molecular formula is C13H24N2O2. The summed E-state index contributed by atoms with van der Waals surface area (Å²) >= 11 is 0. The Hall–Kier alpha value is -0.870. The van der Waals surface area contributed by atoms with Crippen LogP contribution < -0.4 is 5.32 Å². The van der Waals surface area contributed by atoms with Crippen molar-refractivity contribution in [2.75, 3.05) is 32.8 Å². The van der Waals surface area contributed by atoms with Crippen molar-refractivity contribution in [1.29, 1.82) is 0 Å². The first-order chi connectivity index (χ1) is 8.18. The molecule has 1 heterocycles. The van der Waals surface area contributed by atoms with E-state index in [-0.39, 0.29) is 5.97 Å². The zero-order valence-electron chi connectivity index (χ0n) is 11.0. The lowest BCUT2D eigenvalue weighted by molar-refractivity contribution is -0.153. The molecule has 0 saturated carbocycles. The van der Waals surface area contributed by atoms with Gasteiger partial charge in [-0.1, -0.05) is 13.0 Å². The Kier molecular flexibility index (Phi) is 5.65. The summed E-state index contributed by atoms with van der Waals surface area (Å²) in [6, 6.07) is 0. The van der Waals surface area contributed by atoms with Crippen LogP contribution in [0, 0.1) is 0 Å². The van der Waals surface area contributed by atoms with Gasteiger partial charge in [-0.2, -0.15) is 0 Å². The first kappa shape index (κ1) is 14.2. The van der Waals surface area contributed by atoms with Gasteiger partial charge in [-0.3, -0.25) is 10.1 Å². The van der Waals surface area contributed by atoms with Crippen molar-refractivity contribution in [2.24, 2.45) is 0 Å². The standard InChI is InChI=1S/C13H24N2O2/c1-4-9-14-13(12(16)17-6-3)7-10-15(5-2)11-8-13/h4,14H,1,5-11H2,2-3H3. The van der Waals surface area contributed by atoms with E-state index in [0.717, 1.165) is 32.5 Å². The van der Waals surface area contributed by atoms with Gasteiger partial charge in [0.05, 0.1) is 6.61 Å². The molecule has 0 aromatic heterocycles. The smallest absolute Gasteiger partial charge is 0.326 e. The minimum atomic E-state index is -0.504. The van der Waals surface area contributed by atoms with Crippen LogP contribution in [0.3, 0.4) is 0 Å². The summed E-state index contributed by atoms with van der Waals surface area (Å²) in [5.41, 5.74) is -0.504. The molecule has 0 aliphatic carbocycles. The van der Waals surface area contributed by atoms with Crippen molar-refractivity contribution >= 4 is 5.97 Å². The van der Waals surface area contributed by atoms with Crippen LogP contribution in [0.15, 0.2) is 12.7 Å². The number of rotatable bonds is 6. The number of piperidine rings is 1. The Bertz CT molecular complexity index is 258. The van der Waals surface area contributed by atoms with Crippen LogP contribution >= 0.6 is 0 Å². The second-order valence-corrected chi connectivity index (χ2v) is 4.41. The van der Waals surface area contributed by atoms with Crippen LogP contribution in [-0.4, -0.2) is 49.2 Å². The molecule has 1 saturated heterocycles. The van der Waals surface area contributed by atoms with Crippen molar-refractivity contribution in [2.45, 2.75) is 32.2 Å². The first-order valence-corrected chi connectivity index (χ1v) is 6.44. The number of nitrogens with one attached hydrogen (secondary N) is 1. The van der Waals surface area contributed by atoms with Crippen molar-refractivity contribution < 1.29 is 9.53 Å². The Morgan fingerprint density at radius 1 is 1.47 bits per heavy atom. The van der Waals surface area contributed by atoms with E-state index in [9.17, 15) is 4.79 Å². The lowest BCUT2D eigenvalue weighted by Gasteiger charge is -2.40. The number of esters is 1. The number of hydrogen-bond donors (Lipinski definition) is 1. The molecule has 4 nitrogen and oxygen atoms in total. The zero-order valence-corrected chi connectivity index (χ0v) is 11.0. The van der Waals surface area contributed by atoms with Crippen LogP contribution in [0.25, 0.3) is 0 Å². The Morgan fingerprint density at radius 3 is 2.59 bits per heavy atom. The Morgan fingerprint density at radius 2 is 2.12 bits per heavy atom. The third-order valence-corrected chi connectivity index (χ3v) is 3.41. The summed E-state index contributed by atoms with van der Waals surface area (Å²) in [6.45, 7) is 11.7. The monoisotopic (exact) mass is 240 g/mol. The highest BCUT2D eigenvalue weighted by atomic mass is 16.5. The highest BCUT2D eigenvalue weighted by Gasteiger charge is 2.41. The molecule has 0 amide bonds. The average Bonchev–Trinajstić information content (AvgIpc) is 2.37. The Labute approximate surface area is 104 Å². The molecule has 0 radical (unpaired) electrons. The molecule has 98 valence electrons. The van der Waals surface area contributed by atoms with Gasteiger partial charge in [-0.25, -0.2) is 0 Å². The predicted molar refractivity (Wildman–Crippen MR) is 68.9 cm³/mol. The van der Waals surface area contributed by atoms with Crippen LogP contribution in [0.4, 0.5) is 0 Å². The van der Waals surface area contributed by atoms with Gasteiger partial charge in [0.25, 0.3) is 0 Å². The third-order valence-electron chi connectivity index (χ3n) is 3.41. The summed E-state index contributed by atoms with van der Waals surface area (Å²) in [5.74, 6) is -0.113. The van der Waals surface area contributed by atoms with Crippen LogP contribution in [0.5, 0.6) is 0 Å². The number of nitrogens with zero attached hydrogens (tertiary/aromatic N) is 1. The molecule has 0 bridgehead atoms. The SMILES string of the molecule is C=CCNC1(C(=O)OCC)CCN(CC)CC1. The van der Waals surface area contributed by atoms with E-state index in [1.54, 1.807) is 6.08 Å². The van der Waals surface area contributed by atoms with Crippen LogP contribution in [0.1, 0.15) is 26.7 Å². The number of carbonyl (C=O) groups is 1. The van der Waals surface area contributed by atoms with E-state index >= 15 is 0 Å². The second kappa shape index (κ2) is 6.77. The maximum absolute atomic E-state index is 12.1. The summed E-state index contributed by atoms with van der Waals surface area (Å²) < 4.78 is 5.20. The fourth-order valence-corrected chi connectivity index (χ4v) is 2.24. The van der Waals surface area contributed by atoms with Crippen molar-refractivity contribution in [3.63, 3.8) is 0 Å². The second-order valence-electron chi connectivity index (χ2n) is 4.41. The minimum Gasteiger partial charge on any atom is -0.465 e. The highest BCUT2D eigenvalue weighted by Crippen LogP contribution is 2.23. The first-order valence-electron chi connectivity index (χ1n) is 6.44. The Balaban J connectivity index is 2.66. The van der Waals surface area contributed by atoms with Crippen molar-refractivity contribution in [1.82, 2.24) is 10.2 Å². The molecule has 1 aliphatic rings. The number of likely N-dealkylation sites (tertiary alicyclic amines) is 1. The maximum atomic E-state index is 12.1. The number of hydrogen-bond acceptors (Lipinski definition) is 4. The van der Waals surface area contributed by atoms with Gasteiger partial charge >= 0.3 is 5.97 Å². The number of carbonyl (C=O) groups excluding carboxylic acids is 1. The quantitative estimate of drug-likeness (QED) is 0.559. The lowest BCUT2D eigenvalue weighted by Crippen LogP contribution is -2.59. The van der Waals surface area contributed by atoms with E-state index in [4.69, 9.17) is 4.74 Å². The molecular weight excluding hydrogens is 216 g/mol. The molecule has 1 rings (SSSR count). The van der Waals surface area contributed by atoms with E-state index < -0.39 is 5.54 Å². The molecule has 0 aromatic carbocycles. The van der Waals surface area contributed by atoms with Crippen molar-refractivity contribution in [3.8, 4) is 0 Å². The van der Waals surface area contributed by atoms with Gasteiger partial charge in [-0.05, 0) is 26.3 Å². The van der Waals surface area contributed by atoms with Gasteiger partial charge in [0.1, 0.15) is 5.54 Å². The molecule has 1 N–H and O–H groups in total. The van der Waals surface area contributed by atoms with Crippen molar-refractivity contribution in [3.05, 3.63) is 12.7 Å². The zero-order chi connectivity index (χ0) is 12.7. The summed E-state index contributed by atoms with van der Waals surface area (Å²) in [5, 5.41) is 3.29. The molecule has 0 spiro atoms. The topological polar surface area (TPSA) is 41.6 Å². The molecule has 0 unspecified atom stereocenters. The molecule has 1 fully saturated rings. The predicted octanol–water partition coefficient (Wildman–Crippen LogP) is 1.18. The van der Waals surface area contributed by atoms with E-state index in [1.165, 1.54) is 0 Å². The molecule has 17 heavy (non-hydrogen) atoms. The van der Waals surface area contributed by atoms with Crippen LogP contribution in [-0.2, 0) is 9.53 Å². The fraction of sp³-hybridized carbons (Fsp3) is 0.769. The van der Waals surface area contributed by atoms with E-state index in [1.807, 2.05) is 6.92 Å². The highest BCUT2D eigenvalue weighted by molar-refractivity contribution is 5.81. The average molecular weight is 240 g/mol. The molecule has 1 aliphatic heterocycles. The van der Waals surface area contributed by atoms with Gasteiger partial charge in [0.2, 0.25) is 0 Å². The summed E-state index contributed by atoms with van der Waals surface area (Å²) in [7, 11) is 0. The molecule has 4 heteroatoms. The van der Waals surface area contributed by atoms with Gasteiger partial charge in [-0.15, -0.1) is 6.58 Å². The van der Waals surface area contributed by atoms with E-state index in [0.29, 0.717) is 13.2 Å². The van der Waals surface area contributed by atoms with Gasteiger partial charge in [0.15, 0.2) is 0 Å². The van der Waals surface area contributed by atoms with E-state index in [2.05, 4.69) is 23.7 Å². The molecule has 0 atom stereocenters. The van der Waals surface area contributed by atoms with Gasteiger partial charge in [0, 0.05) is 19.6 Å². The maximum Gasteiger partial charge on any atom is 0.326 e. The number of ether oxygens (including phenoxy) is 1. The normalized spacial score (nSPS) is 19.9. The third kappa shape index (κ3) is 3.54. The molecule has 0 aromatic rings. The van der Waals surface area contributed by atoms with Gasteiger partial charge < -0.3 is 9.64 Å².